The number of aromatic nitrogens is 2. The van der Waals surface area contributed by atoms with Crippen LogP contribution in [0.25, 0.3) is 44.8 Å². The van der Waals surface area contributed by atoms with Crippen molar-refractivity contribution < 1.29 is 29.6 Å². The van der Waals surface area contributed by atoms with E-state index in [1.165, 1.54) is 27.8 Å². The van der Waals surface area contributed by atoms with E-state index >= 15 is 0 Å². The van der Waals surface area contributed by atoms with Gasteiger partial charge in [-0.25, -0.2) is 0 Å². The summed E-state index contributed by atoms with van der Waals surface area (Å²) in [4.78, 5) is 9.25. The second kappa shape index (κ2) is 15.4. The maximum Gasteiger partial charge on any atom is 0.241 e. The van der Waals surface area contributed by atoms with Crippen LogP contribution in [0.5, 0.6) is 23.0 Å². The van der Waals surface area contributed by atoms with Gasteiger partial charge in [0.2, 0.25) is 6.71 Å². The van der Waals surface area contributed by atoms with Crippen LogP contribution in [0.1, 0.15) is 16.7 Å². The van der Waals surface area contributed by atoms with Crippen LogP contribution in [-0.4, -0.2) is 16.7 Å². The van der Waals surface area contributed by atoms with Crippen LogP contribution in [0.3, 0.4) is 0 Å². The first-order valence-corrected chi connectivity index (χ1v) is 18.2. The van der Waals surface area contributed by atoms with E-state index in [1.54, 1.807) is 0 Å². The Bertz CT molecular complexity index is 2660. The third-order valence-electron chi connectivity index (χ3n) is 10.2. The normalized spacial score (nSPS) is 11.7. The zero-order chi connectivity index (χ0) is 36.6. The first-order valence-electron chi connectivity index (χ1n) is 18.2. The average molecular weight is 887 g/mol. The standard InChI is InChI=1S/C29H17BNO2.C20H18N.Ir/c1-2-8-19(9-3-1)20-16-17-31-24(18-20)21-10-6-12-23-29(21)33-27-15-7-14-26-28(27)30(23)22-11-4-5-13-25(22)32-26;1-14-8-10-17(11-9-14)20-12-19(16(3)13-21-20)18-7-5-4-6-15(18)2;/h1-9,11-18H;4-10,12-13H,1-3H3;/q2*-1;. The molecule has 8 aromatic rings. The van der Waals surface area contributed by atoms with Gasteiger partial charge < -0.3 is 19.4 Å². The summed E-state index contributed by atoms with van der Waals surface area (Å²) in [5, 5.41) is 0. The molecule has 0 atom stereocenters. The first-order chi connectivity index (χ1) is 26.5. The minimum Gasteiger partial charge on any atom is -0.503 e. The Morgan fingerprint density at radius 2 is 1.33 bits per heavy atom. The number of nitrogens with zero attached hydrogens (tertiary/aromatic N) is 2. The molecule has 55 heavy (non-hydrogen) atoms. The smallest absolute Gasteiger partial charge is 0.241 e. The predicted octanol–water partition coefficient (Wildman–Crippen LogP) is 10.1. The van der Waals surface area contributed by atoms with Crippen LogP contribution in [0.2, 0.25) is 0 Å². The van der Waals surface area contributed by atoms with Crippen molar-refractivity contribution in [1.29, 1.82) is 0 Å². The predicted molar refractivity (Wildman–Crippen MR) is 220 cm³/mol. The van der Waals surface area contributed by atoms with E-state index in [4.69, 9.17) is 14.5 Å². The molecule has 0 amide bonds. The summed E-state index contributed by atoms with van der Waals surface area (Å²) in [6.07, 6.45) is 3.80. The van der Waals surface area contributed by atoms with E-state index in [1.807, 2.05) is 79.1 Å². The minimum atomic E-state index is 0. The summed E-state index contributed by atoms with van der Waals surface area (Å²) in [7, 11) is 0. The van der Waals surface area contributed by atoms with Crippen LogP contribution >= 0.6 is 0 Å². The van der Waals surface area contributed by atoms with Crippen molar-refractivity contribution >= 4 is 23.1 Å². The van der Waals surface area contributed by atoms with E-state index in [0.29, 0.717) is 0 Å². The Labute approximate surface area is 336 Å². The molecule has 0 unspecified atom stereocenters. The Morgan fingerprint density at radius 1 is 0.564 bits per heavy atom. The summed E-state index contributed by atoms with van der Waals surface area (Å²) in [6, 6.07) is 56.3. The van der Waals surface area contributed by atoms with E-state index in [2.05, 4.69) is 117 Å². The molecule has 4 heterocycles. The van der Waals surface area contributed by atoms with Gasteiger partial charge in [0, 0.05) is 43.7 Å². The van der Waals surface area contributed by atoms with Gasteiger partial charge in [0.15, 0.2) is 0 Å². The van der Waals surface area contributed by atoms with Crippen LogP contribution in [0, 0.1) is 32.9 Å². The molecule has 6 aromatic carbocycles. The Morgan fingerprint density at radius 3 is 2.15 bits per heavy atom. The first kappa shape index (κ1) is 35.9. The summed E-state index contributed by atoms with van der Waals surface area (Å²) >= 11 is 0. The molecule has 0 N–H and O–H groups in total. The molecule has 4 nitrogen and oxygen atoms in total. The fraction of sp³-hybridized carbons (Fsp3) is 0.0612. The van der Waals surface area contributed by atoms with Gasteiger partial charge in [-0.05, 0) is 88.3 Å². The second-order valence-corrected chi connectivity index (χ2v) is 13.8. The van der Waals surface area contributed by atoms with Crippen molar-refractivity contribution in [3.63, 3.8) is 0 Å². The quantitative estimate of drug-likeness (QED) is 0.131. The van der Waals surface area contributed by atoms with Gasteiger partial charge in [0.1, 0.15) is 17.2 Å². The van der Waals surface area contributed by atoms with Gasteiger partial charge in [0.05, 0.1) is 0 Å². The zero-order valence-electron chi connectivity index (χ0n) is 30.6. The molecular formula is C49H35BIrN2O2-2. The number of benzene rings is 6. The molecule has 0 bridgehead atoms. The molecule has 0 fully saturated rings. The number of fused-ring (bicyclic) bond motifs is 4. The molecular weight excluding hydrogens is 852 g/mol. The van der Waals surface area contributed by atoms with E-state index in [-0.39, 0.29) is 26.8 Å². The molecule has 0 aliphatic carbocycles. The number of hydrogen-bond donors (Lipinski definition) is 0. The summed E-state index contributed by atoms with van der Waals surface area (Å²) in [5.74, 6) is 3.36. The number of aryl methyl sites for hydroxylation is 3. The zero-order valence-corrected chi connectivity index (χ0v) is 33.0. The van der Waals surface area contributed by atoms with Gasteiger partial charge in [-0.3, -0.25) is 0 Å². The molecule has 2 aromatic heterocycles. The number of ether oxygens (including phenoxy) is 2. The van der Waals surface area contributed by atoms with Crippen molar-refractivity contribution in [1.82, 2.24) is 9.97 Å². The third kappa shape index (κ3) is 6.92. The van der Waals surface area contributed by atoms with Crippen LogP contribution in [0.15, 0.2) is 158 Å². The molecule has 2 aliphatic heterocycles. The molecule has 10 rings (SSSR count). The number of pyridine rings is 2. The van der Waals surface area contributed by atoms with Gasteiger partial charge in [-0.1, -0.05) is 103 Å². The fourth-order valence-electron chi connectivity index (χ4n) is 7.41. The van der Waals surface area contributed by atoms with Gasteiger partial charge in [-0.15, -0.1) is 59.1 Å². The summed E-state index contributed by atoms with van der Waals surface area (Å²) < 4.78 is 12.7. The Hall–Kier alpha value is -6.07. The maximum atomic E-state index is 6.52. The minimum absolute atomic E-state index is 0. The molecule has 0 saturated heterocycles. The van der Waals surface area contributed by atoms with E-state index < -0.39 is 0 Å². The van der Waals surface area contributed by atoms with E-state index in [9.17, 15) is 0 Å². The van der Waals surface area contributed by atoms with Gasteiger partial charge in [-0.2, -0.15) is 0 Å². The van der Waals surface area contributed by atoms with Crippen LogP contribution in [0.4, 0.5) is 0 Å². The van der Waals surface area contributed by atoms with Gasteiger partial charge in [0.25, 0.3) is 0 Å². The van der Waals surface area contributed by atoms with Crippen molar-refractivity contribution in [2.24, 2.45) is 0 Å². The fourth-order valence-corrected chi connectivity index (χ4v) is 7.41. The maximum absolute atomic E-state index is 6.52. The number of hydrogen-bond acceptors (Lipinski definition) is 4. The molecule has 0 saturated carbocycles. The Kier molecular flexibility index (Phi) is 10.0. The van der Waals surface area contributed by atoms with Crippen LogP contribution in [-0.2, 0) is 20.1 Å². The molecule has 6 heteroatoms. The topological polar surface area (TPSA) is 44.2 Å². The second-order valence-electron chi connectivity index (χ2n) is 13.8. The monoisotopic (exact) mass is 887 g/mol. The molecule has 1 radical (unpaired) electrons. The number of rotatable bonds is 4. The van der Waals surface area contributed by atoms with Crippen molar-refractivity contribution in [2.45, 2.75) is 20.8 Å². The van der Waals surface area contributed by atoms with Crippen molar-refractivity contribution in [2.75, 3.05) is 0 Å². The largest absolute Gasteiger partial charge is 0.503 e. The SMILES string of the molecule is Cc1c[c-]c(-c2cc(-c3ccccc3C)c(C)cn2)cc1.[Ir].[c-]1ccc2c(c1-c1cc(-c3ccccc3)ccn1)Oc1cccc3c1B2c1ccccc1O3. The Balaban J connectivity index is 0.000000169. The van der Waals surface area contributed by atoms with Crippen LogP contribution < -0.4 is 25.9 Å². The van der Waals surface area contributed by atoms with E-state index in [0.717, 1.165) is 73.0 Å². The summed E-state index contributed by atoms with van der Waals surface area (Å²) in [6.45, 7) is 6.36. The average Bonchev–Trinajstić information content (AvgIpc) is 3.22. The number of para-hydroxylation sites is 1. The van der Waals surface area contributed by atoms with Crippen molar-refractivity contribution in [3.8, 4) is 67.8 Å². The third-order valence-corrected chi connectivity index (χ3v) is 10.2. The molecule has 267 valence electrons. The molecule has 0 spiro atoms. The summed E-state index contributed by atoms with van der Waals surface area (Å²) in [5.41, 5.74) is 15.5. The van der Waals surface area contributed by atoms with Gasteiger partial charge >= 0.3 is 0 Å². The van der Waals surface area contributed by atoms with Crippen molar-refractivity contribution in [3.05, 3.63) is 187 Å². The molecule has 2 aliphatic rings.